The van der Waals surface area contributed by atoms with Crippen LogP contribution in [0.25, 0.3) is 0 Å². The molecule has 3 rings (SSSR count). The van der Waals surface area contributed by atoms with E-state index in [0.29, 0.717) is 6.54 Å². The van der Waals surface area contributed by atoms with E-state index in [4.69, 9.17) is 16.3 Å². The van der Waals surface area contributed by atoms with E-state index in [1.807, 2.05) is 56.0 Å². The van der Waals surface area contributed by atoms with Gasteiger partial charge in [0.25, 0.3) is 0 Å². The fraction of sp³-hybridized carbons (Fsp3) is 0.435. The number of amides is 1. The van der Waals surface area contributed by atoms with Crippen LogP contribution in [0.3, 0.4) is 0 Å². The number of carbonyl (C=O) groups is 1. The van der Waals surface area contributed by atoms with Crippen molar-refractivity contribution in [3.05, 3.63) is 70.7 Å². The van der Waals surface area contributed by atoms with Crippen LogP contribution in [0, 0.1) is 0 Å². The number of carbonyl (C=O) groups excluding carboxylic acids is 1. The van der Waals surface area contributed by atoms with Crippen molar-refractivity contribution in [1.29, 1.82) is 0 Å². The van der Waals surface area contributed by atoms with Gasteiger partial charge in [0, 0.05) is 31.2 Å². The summed E-state index contributed by atoms with van der Waals surface area (Å²) in [5.41, 5.74) is 1.96. The van der Waals surface area contributed by atoms with Crippen molar-refractivity contribution in [2.24, 2.45) is 0 Å². The lowest BCUT2D eigenvalue weighted by molar-refractivity contribution is -0.00232. The van der Waals surface area contributed by atoms with Crippen molar-refractivity contribution >= 4 is 17.7 Å². The topological polar surface area (TPSA) is 32.8 Å². The van der Waals surface area contributed by atoms with E-state index in [0.717, 1.165) is 31.1 Å². The Bertz CT molecular complexity index is 771. The molecule has 1 saturated heterocycles. The van der Waals surface area contributed by atoms with Crippen LogP contribution in [0.5, 0.6) is 0 Å². The van der Waals surface area contributed by atoms with Crippen molar-refractivity contribution in [2.45, 2.75) is 45.4 Å². The lowest BCUT2D eigenvalue weighted by Crippen LogP contribution is -2.56. The molecular weight excluding hydrogens is 372 g/mol. The molecule has 1 amide bonds. The number of rotatable bonds is 4. The highest BCUT2D eigenvalue weighted by molar-refractivity contribution is 6.30. The Morgan fingerprint density at radius 1 is 1.04 bits per heavy atom. The fourth-order valence-corrected chi connectivity index (χ4v) is 3.66. The summed E-state index contributed by atoms with van der Waals surface area (Å²) in [5.74, 6) is 0. The number of halogens is 1. The van der Waals surface area contributed by atoms with Gasteiger partial charge in [0.05, 0.1) is 6.04 Å². The monoisotopic (exact) mass is 400 g/mol. The van der Waals surface area contributed by atoms with Crippen molar-refractivity contribution < 1.29 is 9.53 Å². The van der Waals surface area contributed by atoms with Crippen LogP contribution in [0.1, 0.15) is 31.9 Å². The molecule has 0 aliphatic carbocycles. The zero-order valence-electron chi connectivity index (χ0n) is 16.9. The Labute approximate surface area is 173 Å². The molecule has 0 aromatic heterocycles. The molecule has 5 heteroatoms. The van der Waals surface area contributed by atoms with Crippen molar-refractivity contribution in [3.63, 3.8) is 0 Å². The zero-order valence-corrected chi connectivity index (χ0v) is 17.7. The molecule has 2 aromatic rings. The highest BCUT2D eigenvalue weighted by atomic mass is 35.5. The van der Waals surface area contributed by atoms with E-state index in [1.165, 1.54) is 11.1 Å². The first-order valence-corrected chi connectivity index (χ1v) is 10.2. The largest absolute Gasteiger partial charge is 0.444 e. The average Bonchev–Trinajstić information content (AvgIpc) is 2.63. The molecule has 1 fully saturated rings. The molecular formula is C23H29ClN2O2. The van der Waals surface area contributed by atoms with Gasteiger partial charge in [-0.05, 0) is 50.5 Å². The van der Waals surface area contributed by atoms with Gasteiger partial charge in [-0.15, -0.1) is 0 Å². The van der Waals surface area contributed by atoms with Gasteiger partial charge in [-0.1, -0.05) is 54.1 Å². The highest BCUT2D eigenvalue weighted by Crippen LogP contribution is 2.21. The summed E-state index contributed by atoms with van der Waals surface area (Å²) in [5, 5.41) is 0.724. The quantitative estimate of drug-likeness (QED) is 0.723. The molecule has 0 radical (unpaired) electrons. The summed E-state index contributed by atoms with van der Waals surface area (Å²) >= 11 is 6.03. The van der Waals surface area contributed by atoms with E-state index < -0.39 is 5.60 Å². The predicted molar refractivity (Wildman–Crippen MR) is 114 cm³/mol. The normalized spacial score (nSPS) is 18.1. The van der Waals surface area contributed by atoms with Crippen LogP contribution < -0.4 is 0 Å². The van der Waals surface area contributed by atoms with Crippen LogP contribution in [0.15, 0.2) is 54.6 Å². The van der Waals surface area contributed by atoms with Gasteiger partial charge < -0.3 is 9.64 Å². The fourth-order valence-electron chi connectivity index (χ4n) is 3.53. The van der Waals surface area contributed by atoms with Gasteiger partial charge in [0.2, 0.25) is 0 Å². The lowest BCUT2D eigenvalue weighted by atomic mass is 10.0. The molecule has 0 bridgehead atoms. The van der Waals surface area contributed by atoms with Gasteiger partial charge >= 0.3 is 6.09 Å². The number of piperazine rings is 1. The standard InChI is InChI=1S/C23H29ClN2O2/c1-23(2,3)28-22(27)26-14-13-25(16-19-7-5-4-6-8-19)17-21(26)15-18-9-11-20(24)12-10-18/h4-12,21H,13-17H2,1-3H3/t21-/m1/s1. The first-order valence-electron chi connectivity index (χ1n) is 9.80. The number of ether oxygens (including phenoxy) is 1. The van der Waals surface area contributed by atoms with Crippen molar-refractivity contribution in [3.8, 4) is 0 Å². The molecule has 2 aromatic carbocycles. The van der Waals surface area contributed by atoms with Gasteiger partial charge in [0.15, 0.2) is 0 Å². The maximum absolute atomic E-state index is 12.8. The first kappa shape index (κ1) is 20.7. The predicted octanol–water partition coefficient (Wildman–Crippen LogP) is 5.00. The minimum absolute atomic E-state index is 0.0634. The molecule has 1 heterocycles. The van der Waals surface area contributed by atoms with Crippen LogP contribution in [0.4, 0.5) is 4.79 Å². The third-order valence-corrected chi connectivity index (χ3v) is 5.08. The Balaban J connectivity index is 1.73. The summed E-state index contributed by atoms with van der Waals surface area (Å²) in [6.45, 7) is 8.93. The van der Waals surface area contributed by atoms with E-state index >= 15 is 0 Å². The van der Waals surface area contributed by atoms with Crippen LogP contribution >= 0.6 is 11.6 Å². The maximum atomic E-state index is 12.8. The van der Waals surface area contributed by atoms with Gasteiger partial charge in [-0.3, -0.25) is 4.90 Å². The Morgan fingerprint density at radius 2 is 1.71 bits per heavy atom. The third kappa shape index (κ3) is 5.98. The second-order valence-corrected chi connectivity index (χ2v) is 8.82. The second kappa shape index (κ2) is 8.97. The first-order chi connectivity index (χ1) is 13.3. The molecule has 0 saturated carbocycles. The lowest BCUT2D eigenvalue weighted by Gasteiger charge is -2.42. The average molecular weight is 401 g/mol. The molecule has 0 spiro atoms. The third-order valence-electron chi connectivity index (χ3n) is 4.83. The summed E-state index contributed by atoms with van der Waals surface area (Å²) in [6.07, 6.45) is 0.549. The SMILES string of the molecule is CC(C)(C)OC(=O)N1CCN(Cc2ccccc2)C[C@H]1Cc1ccc(Cl)cc1. The smallest absolute Gasteiger partial charge is 0.410 e. The van der Waals surface area contributed by atoms with E-state index in [2.05, 4.69) is 29.2 Å². The van der Waals surface area contributed by atoms with E-state index in [-0.39, 0.29) is 12.1 Å². The van der Waals surface area contributed by atoms with Gasteiger partial charge in [-0.2, -0.15) is 0 Å². The van der Waals surface area contributed by atoms with Crippen LogP contribution in [-0.4, -0.2) is 47.2 Å². The van der Waals surface area contributed by atoms with E-state index in [9.17, 15) is 4.79 Å². The second-order valence-electron chi connectivity index (χ2n) is 8.38. The Hall–Kier alpha value is -2.04. The summed E-state index contributed by atoms with van der Waals surface area (Å²) in [4.78, 5) is 17.1. The van der Waals surface area contributed by atoms with Crippen LogP contribution in [0.2, 0.25) is 5.02 Å². The molecule has 1 aliphatic heterocycles. The Kier molecular flexibility index (Phi) is 6.63. The number of hydrogen-bond acceptors (Lipinski definition) is 3. The minimum Gasteiger partial charge on any atom is -0.444 e. The summed E-state index contributed by atoms with van der Waals surface area (Å²) in [7, 11) is 0. The molecule has 4 nitrogen and oxygen atoms in total. The number of nitrogens with zero attached hydrogens (tertiary/aromatic N) is 2. The van der Waals surface area contributed by atoms with Crippen molar-refractivity contribution in [1.82, 2.24) is 9.80 Å². The van der Waals surface area contributed by atoms with E-state index in [1.54, 1.807) is 0 Å². The Morgan fingerprint density at radius 3 is 2.36 bits per heavy atom. The van der Waals surface area contributed by atoms with Gasteiger partial charge in [-0.25, -0.2) is 4.79 Å². The number of benzene rings is 2. The van der Waals surface area contributed by atoms with Crippen LogP contribution in [-0.2, 0) is 17.7 Å². The maximum Gasteiger partial charge on any atom is 0.410 e. The molecule has 28 heavy (non-hydrogen) atoms. The minimum atomic E-state index is -0.497. The molecule has 1 aliphatic rings. The zero-order chi connectivity index (χ0) is 20.1. The molecule has 0 unspecified atom stereocenters. The molecule has 0 N–H and O–H groups in total. The molecule has 1 atom stereocenters. The molecule has 150 valence electrons. The number of hydrogen-bond donors (Lipinski definition) is 0. The van der Waals surface area contributed by atoms with Crippen molar-refractivity contribution in [2.75, 3.05) is 19.6 Å². The summed E-state index contributed by atoms with van der Waals surface area (Å²) in [6, 6.07) is 18.4. The summed E-state index contributed by atoms with van der Waals surface area (Å²) < 4.78 is 5.67. The van der Waals surface area contributed by atoms with Gasteiger partial charge in [0.1, 0.15) is 5.60 Å². The highest BCUT2D eigenvalue weighted by Gasteiger charge is 2.33.